The molecule has 7 aromatic carbocycles. The molecule has 0 atom stereocenters. The third kappa shape index (κ3) is 4.68. The van der Waals surface area contributed by atoms with Gasteiger partial charge in [-0.3, -0.25) is 4.98 Å². The Bertz CT molecular complexity index is 2670. The molecule has 0 radical (unpaired) electrons. The zero-order valence-corrected chi connectivity index (χ0v) is 27.2. The van der Waals surface area contributed by atoms with Crippen LogP contribution in [0.15, 0.2) is 174 Å². The van der Waals surface area contributed by atoms with E-state index in [1.165, 1.54) is 31.3 Å². The minimum Gasteiger partial charge on any atom is -0.456 e. The van der Waals surface area contributed by atoms with Gasteiger partial charge in [-0.15, -0.1) is 11.3 Å². The van der Waals surface area contributed by atoms with Gasteiger partial charge in [-0.1, -0.05) is 91.0 Å². The summed E-state index contributed by atoms with van der Waals surface area (Å²) in [5.41, 5.74) is 10.7. The summed E-state index contributed by atoms with van der Waals surface area (Å²) in [6.07, 6.45) is 1.87. The third-order valence-electron chi connectivity index (χ3n) is 9.52. The number of rotatable bonds is 5. The van der Waals surface area contributed by atoms with Crippen molar-refractivity contribution in [1.82, 2.24) is 4.98 Å². The smallest absolute Gasteiger partial charge is 0.135 e. The van der Waals surface area contributed by atoms with Crippen LogP contribution in [-0.4, -0.2) is 4.98 Å². The van der Waals surface area contributed by atoms with Crippen molar-refractivity contribution >= 4 is 81.4 Å². The van der Waals surface area contributed by atoms with Gasteiger partial charge >= 0.3 is 0 Å². The van der Waals surface area contributed by atoms with E-state index in [0.717, 1.165) is 61.0 Å². The van der Waals surface area contributed by atoms with Gasteiger partial charge in [0.25, 0.3) is 0 Å². The Labute approximate surface area is 286 Å². The average Bonchev–Trinajstić information content (AvgIpc) is 3.73. The third-order valence-corrected chi connectivity index (χ3v) is 10.7. The summed E-state index contributed by atoms with van der Waals surface area (Å²) in [4.78, 5) is 7.14. The lowest BCUT2D eigenvalue weighted by atomic mass is 10.0. The Morgan fingerprint density at radius 3 is 1.86 bits per heavy atom. The van der Waals surface area contributed by atoms with E-state index in [9.17, 15) is 0 Å². The minimum absolute atomic E-state index is 0.906. The molecule has 0 aliphatic heterocycles. The fourth-order valence-corrected chi connectivity index (χ4v) is 8.20. The molecule has 0 spiro atoms. The first-order chi connectivity index (χ1) is 24.3. The first-order valence-corrected chi connectivity index (χ1v) is 17.3. The topological polar surface area (TPSA) is 29.3 Å². The first kappa shape index (κ1) is 27.8. The highest BCUT2D eigenvalue weighted by molar-refractivity contribution is 7.25. The Hall–Kier alpha value is -6.23. The number of hydrogen-bond acceptors (Lipinski definition) is 4. The molecular formula is C45H28N2OS. The van der Waals surface area contributed by atoms with Crippen molar-refractivity contribution in [2.24, 2.45) is 0 Å². The molecular weight excluding hydrogens is 617 g/mol. The molecule has 49 heavy (non-hydrogen) atoms. The second-order valence-corrected chi connectivity index (χ2v) is 13.5. The van der Waals surface area contributed by atoms with Gasteiger partial charge in [-0.25, -0.2) is 0 Å². The maximum Gasteiger partial charge on any atom is 0.135 e. The zero-order chi connectivity index (χ0) is 32.3. The minimum atomic E-state index is 0.906. The molecule has 10 rings (SSSR count). The standard InChI is InChI=1S/C45H28N2OS/c1-3-12-41-36(9-1)38-27-32(18-24-42(38)48-41)29-14-20-34(21-15-29)47(40-11-5-7-31-8-6-26-46-45(31)40)35-22-16-30(17-23-35)33-19-25-44-39(28-33)37-10-2-4-13-43(37)49-44/h1-28H. The largest absolute Gasteiger partial charge is 0.456 e. The van der Waals surface area contributed by atoms with E-state index in [0.29, 0.717) is 0 Å². The van der Waals surface area contributed by atoms with Gasteiger partial charge in [0, 0.05) is 53.9 Å². The Morgan fingerprint density at radius 1 is 0.449 bits per heavy atom. The molecule has 3 aromatic heterocycles. The molecule has 0 N–H and O–H groups in total. The summed E-state index contributed by atoms with van der Waals surface area (Å²) in [6, 6.07) is 58.4. The number of pyridine rings is 1. The van der Waals surface area contributed by atoms with Crippen LogP contribution in [-0.2, 0) is 0 Å². The molecule has 10 aromatic rings. The van der Waals surface area contributed by atoms with Crippen molar-refractivity contribution in [3.8, 4) is 22.3 Å². The van der Waals surface area contributed by atoms with Crippen LogP contribution >= 0.6 is 11.3 Å². The first-order valence-electron chi connectivity index (χ1n) is 16.4. The summed E-state index contributed by atoms with van der Waals surface area (Å²) >= 11 is 1.85. The maximum absolute atomic E-state index is 6.08. The fraction of sp³-hybridized carbons (Fsp3) is 0. The quantitative estimate of drug-likeness (QED) is 0.187. The van der Waals surface area contributed by atoms with Crippen LogP contribution in [0.2, 0.25) is 0 Å². The number of furan rings is 1. The number of fused-ring (bicyclic) bond motifs is 7. The summed E-state index contributed by atoms with van der Waals surface area (Å²) < 4.78 is 8.73. The highest BCUT2D eigenvalue weighted by Crippen LogP contribution is 2.41. The summed E-state index contributed by atoms with van der Waals surface area (Å²) in [5.74, 6) is 0. The second kappa shape index (κ2) is 11.2. The van der Waals surface area contributed by atoms with Crippen molar-refractivity contribution < 1.29 is 4.42 Å². The number of hydrogen-bond donors (Lipinski definition) is 0. The number of thiophene rings is 1. The van der Waals surface area contributed by atoms with Gasteiger partial charge in [0.1, 0.15) is 11.2 Å². The SMILES string of the molecule is c1cnc2c(N(c3ccc(-c4ccc5oc6ccccc6c5c4)cc3)c3ccc(-c4ccc5sc6ccccc6c5c4)cc3)cccc2c1. The van der Waals surface area contributed by atoms with Crippen molar-refractivity contribution in [3.63, 3.8) is 0 Å². The van der Waals surface area contributed by atoms with Gasteiger partial charge < -0.3 is 9.32 Å². The predicted octanol–water partition coefficient (Wildman–Crippen LogP) is 13.3. The molecule has 3 nitrogen and oxygen atoms in total. The molecule has 0 aliphatic carbocycles. The van der Waals surface area contributed by atoms with Crippen LogP contribution in [0.4, 0.5) is 17.1 Å². The number of aromatic nitrogens is 1. The summed E-state index contributed by atoms with van der Waals surface area (Å²) in [7, 11) is 0. The van der Waals surface area contributed by atoms with Crippen LogP contribution in [0, 0.1) is 0 Å². The van der Waals surface area contributed by atoms with Gasteiger partial charge in [0.05, 0.1) is 11.2 Å². The van der Waals surface area contributed by atoms with Crippen molar-refractivity contribution in [2.45, 2.75) is 0 Å². The molecule has 0 bridgehead atoms. The number of para-hydroxylation sites is 2. The number of anilines is 3. The van der Waals surface area contributed by atoms with E-state index >= 15 is 0 Å². The normalized spacial score (nSPS) is 11.7. The van der Waals surface area contributed by atoms with Gasteiger partial charge in [-0.2, -0.15) is 0 Å². The van der Waals surface area contributed by atoms with Gasteiger partial charge in [0.15, 0.2) is 0 Å². The summed E-state index contributed by atoms with van der Waals surface area (Å²) in [6.45, 7) is 0. The van der Waals surface area contributed by atoms with Crippen LogP contribution in [0.3, 0.4) is 0 Å². The zero-order valence-electron chi connectivity index (χ0n) is 26.4. The van der Waals surface area contributed by atoms with Crippen molar-refractivity contribution in [2.75, 3.05) is 4.90 Å². The van der Waals surface area contributed by atoms with Crippen molar-refractivity contribution in [1.29, 1.82) is 0 Å². The van der Waals surface area contributed by atoms with Crippen LogP contribution in [0.1, 0.15) is 0 Å². The van der Waals surface area contributed by atoms with E-state index in [2.05, 4.69) is 150 Å². The van der Waals surface area contributed by atoms with Crippen LogP contribution in [0.25, 0.3) is 75.3 Å². The van der Waals surface area contributed by atoms with E-state index in [4.69, 9.17) is 9.40 Å². The molecule has 0 amide bonds. The predicted molar refractivity (Wildman–Crippen MR) is 207 cm³/mol. The molecule has 0 saturated heterocycles. The van der Waals surface area contributed by atoms with Gasteiger partial charge in [0.2, 0.25) is 0 Å². The van der Waals surface area contributed by atoms with E-state index in [1.54, 1.807) is 0 Å². The number of benzene rings is 7. The molecule has 0 unspecified atom stereocenters. The summed E-state index contributed by atoms with van der Waals surface area (Å²) in [5, 5.41) is 6.00. The molecule has 230 valence electrons. The lowest BCUT2D eigenvalue weighted by molar-refractivity contribution is 0.669. The Kier molecular flexibility index (Phi) is 6.36. The fourth-order valence-electron chi connectivity index (χ4n) is 7.11. The lowest BCUT2D eigenvalue weighted by Gasteiger charge is -2.26. The maximum atomic E-state index is 6.08. The van der Waals surface area contributed by atoms with E-state index in [1.807, 2.05) is 35.7 Å². The van der Waals surface area contributed by atoms with Crippen LogP contribution in [0.5, 0.6) is 0 Å². The highest BCUT2D eigenvalue weighted by Gasteiger charge is 2.17. The molecule has 4 heteroatoms. The second-order valence-electron chi connectivity index (χ2n) is 12.4. The van der Waals surface area contributed by atoms with Crippen LogP contribution < -0.4 is 4.90 Å². The molecule has 0 aliphatic rings. The van der Waals surface area contributed by atoms with Crippen molar-refractivity contribution in [3.05, 3.63) is 170 Å². The van der Waals surface area contributed by atoms with E-state index in [-0.39, 0.29) is 0 Å². The van der Waals surface area contributed by atoms with E-state index < -0.39 is 0 Å². The monoisotopic (exact) mass is 644 g/mol. The molecule has 3 heterocycles. The lowest BCUT2D eigenvalue weighted by Crippen LogP contribution is -2.10. The van der Waals surface area contributed by atoms with Gasteiger partial charge in [-0.05, 0) is 95.1 Å². The highest BCUT2D eigenvalue weighted by atomic mass is 32.1. The molecule has 0 fully saturated rings. The number of nitrogens with zero attached hydrogens (tertiary/aromatic N) is 2. The molecule has 0 saturated carbocycles. The Morgan fingerprint density at radius 2 is 1.06 bits per heavy atom. The Balaban J connectivity index is 1.06. The average molecular weight is 645 g/mol.